The molecule has 6 nitrogen and oxygen atoms in total. The van der Waals surface area contributed by atoms with Gasteiger partial charge in [0, 0.05) is 13.8 Å². The van der Waals surface area contributed by atoms with Gasteiger partial charge in [0.1, 0.15) is 0 Å². The average Bonchev–Trinajstić information content (AvgIpc) is 2.18. The number of aliphatic carboxylic acids is 2. The van der Waals surface area contributed by atoms with Gasteiger partial charge in [0.2, 0.25) is 0 Å². The minimum atomic E-state index is -0.833. The van der Waals surface area contributed by atoms with Crippen molar-refractivity contribution in [3.63, 3.8) is 0 Å². The van der Waals surface area contributed by atoms with Crippen LogP contribution in [0.5, 0.6) is 0 Å². The largest absolute Gasteiger partial charge is 0.693 e. The van der Waals surface area contributed by atoms with Crippen molar-refractivity contribution in [3.8, 4) is 0 Å². The summed E-state index contributed by atoms with van der Waals surface area (Å²) in [6.45, 7) is 2.17. The van der Waals surface area contributed by atoms with Crippen LogP contribution in [0.2, 0.25) is 0 Å². The molecule has 0 aromatic rings. The average molecular weight is 516 g/mol. The zero-order valence-electron chi connectivity index (χ0n) is 11.0. The number of nitrogens with two attached hydrogens (primary N) is 1. The second-order valence-corrected chi connectivity index (χ2v) is 6.70. The monoisotopic (exact) mass is 515 g/mol. The van der Waals surface area contributed by atoms with E-state index in [2.05, 4.69) is 0 Å². The summed E-state index contributed by atoms with van der Waals surface area (Å²) in [5, 5.41) is 14.8. The summed E-state index contributed by atoms with van der Waals surface area (Å²) in [4.78, 5) is 18.0. The molecule has 0 heterocycles. The van der Waals surface area contributed by atoms with E-state index >= 15 is 0 Å². The first-order chi connectivity index (χ1) is 8.27. The van der Waals surface area contributed by atoms with Gasteiger partial charge in [0.25, 0.3) is 11.9 Å². The summed E-state index contributed by atoms with van der Waals surface area (Å²) < 4.78 is 0. The fourth-order valence-corrected chi connectivity index (χ4v) is 1.10. The number of hydrogen-bond donors (Lipinski definition) is 2. The van der Waals surface area contributed by atoms with Crippen LogP contribution in [-0.2, 0) is 26.1 Å². The number of carbonyl (C=O) groups is 2. The Morgan fingerprint density at radius 1 is 1.05 bits per heavy atom. The molecule has 0 atom stereocenters. The third-order valence-electron chi connectivity index (χ3n) is 1.61. The number of rotatable bonds is 0. The Morgan fingerprint density at radius 3 is 1.35 bits per heavy atom. The molecule has 0 aromatic carbocycles. The molecule has 1 saturated carbocycles. The van der Waals surface area contributed by atoms with Gasteiger partial charge in [-0.05, 0) is 0 Å². The second-order valence-electron chi connectivity index (χ2n) is 3.42. The molecule has 1 aliphatic carbocycles. The minimum Gasteiger partial charge on any atom is -0.693 e. The number of nitrogens with one attached hydrogen (secondary N) is 1. The summed E-state index contributed by atoms with van der Waals surface area (Å²) in [6.07, 6.45) is 6.28. The molecule has 0 aromatic heterocycles. The molecule has 9 heteroatoms. The van der Waals surface area contributed by atoms with Crippen LogP contribution in [0.4, 0.5) is 0 Å². The number of carboxylic acids is 2. The van der Waals surface area contributed by atoms with E-state index in [-0.39, 0.29) is 19.6 Å². The number of halogens is 2. The molecule has 1 fully saturated rings. The first-order valence-electron chi connectivity index (χ1n) is 5.20. The van der Waals surface area contributed by atoms with Crippen LogP contribution in [0.25, 0.3) is 11.9 Å². The number of hydrogen-bond acceptors (Lipinski definition) is 2. The maximum atomic E-state index is 9.00. The summed E-state index contributed by atoms with van der Waals surface area (Å²) >= 11 is -0.472. The Morgan fingerprint density at radius 2 is 1.25 bits per heavy atom. The van der Waals surface area contributed by atoms with E-state index in [1.54, 1.807) is 0 Å². The topological polar surface area (TPSA) is 132 Å². The fraction of sp³-hybridized carbons (Fsp3) is 0.818. The molecule has 1 rings (SSSR count). The Hall–Kier alpha value is 0.128. The minimum absolute atomic E-state index is 0. The van der Waals surface area contributed by atoms with Gasteiger partial charge in [-0.1, -0.05) is 39.5 Å². The first kappa shape index (κ1) is 32.2. The van der Waals surface area contributed by atoms with Crippen molar-refractivity contribution in [2.75, 3.05) is 0 Å². The normalized spacial score (nSPS) is 12.4. The summed E-state index contributed by atoms with van der Waals surface area (Å²) in [7, 11) is 9.75. The second kappa shape index (κ2) is 27.5. The van der Waals surface area contributed by atoms with E-state index < -0.39 is 28.4 Å². The molecule has 0 bridgehead atoms. The summed E-state index contributed by atoms with van der Waals surface area (Å²) in [5.74, 6) is -1.67. The first-order valence-corrected chi connectivity index (χ1v) is 10.8. The molecule has 0 amide bonds. The summed E-state index contributed by atoms with van der Waals surface area (Å²) in [5.41, 5.74) is 7.27. The van der Waals surface area contributed by atoms with Gasteiger partial charge in [-0.25, -0.2) is 0 Å². The third-order valence-corrected chi connectivity index (χ3v) is 1.61. The fourth-order valence-electron chi connectivity index (χ4n) is 1.10. The molecule has 0 saturated heterocycles. The van der Waals surface area contributed by atoms with Crippen molar-refractivity contribution < 1.29 is 36.3 Å². The van der Waals surface area contributed by atoms with Crippen LogP contribution in [0.1, 0.15) is 53.4 Å². The van der Waals surface area contributed by atoms with E-state index in [1.807, 2.05) is 0 Å². The van der Waals surface area contributed by atoms with Crippen molar-refractivity contribution in [1.82, 2.24) is 0 Å². The van der Waals surface area contributed by atoms with Crippen molar-refractivity contribution in [1.29, 1.82) is 0 Å². The zero-order valence-corrected chi connectivity index (χ0v) is 14.8. The standard InChI is InChI=1S/C6H12N.2C2H4O2.CH4.2ClH.H2N.Pt/c7-6-4-2-1-3-5-6;2*1-2(3)4;;;;;/h6-7H,1-5H2;2*1H3,(H,3,4);1H4;2*1H;1H2;/q-1;;;;;;-1;+4/p-2. The van der Waals surface area contributed by atoms with Crippen molar-refractivity contribution in [2.45, 2.75) is 59.4 Å². The molecule has 1 aliphatic rings. The van der Waals surface area contributed by atoms with Crippen molar-refractivity contribution in [3.05, 3.63) is 11.9 Å². The molecule has 128 valence electrons. The van der Waals surface area contributed by atoms with Gasteiger partial charge in [-0.3, -0.25) is 9.59 Å². The SMILES string of the molecule is C.CC(=O)O.CC(=O)O.[Cl][Pt+2][Cl].[NH-]C1CCCCC1.[NH2-]. The van der Waals surface area contributed by atoms with E-state index in [4.69, 9.17) is 44.4 Å². The van der Waals surface area contributed by atoms with Gasteiger partial charge >= 0.3 is 35.3 Å². The molecular formula is C11H26Cl2N2O4Pt. The maximum Gasteiger partial charge on any atom is -0.0534 e. The third kappa shape index (κ3) is 80.5. The van der Waals surface area contributed by atoms with Gasteiger partial charge in [-0.2, -0.15) is 0 Å². The smallest absolute Gasteiger partial charge is 0.0534 e. The van der Waals surface area contributed by atoms with Crippen molar-refractivity contribution in [2.24, 2.45) is 0 Å². The molecule has 0 aliphatic heterocycles. The van der Waals surface area contributed by atoms with E-state index in [1.165, 1.54) is 19.3 Å². The zero-order chi connectivity index (χ0) is 15.0. The Kier molecular flexibility index (Phi) is 44.2. The quantitative estimate of drug-likeness (QED) is 0.453. The molecule has 5 N–H and O–H groups in total. The van der Waals surface area contributed by atoms with Gasteiger partial charge in [-0.15, -0.1) is 6.04 Å². The Bertz CT molecular complexity index is 187. The molecular weight excluding hydrogens is 490 g/mol. The predicted molar refractivity (Wildman–Crippen MR) is 81.5 cm³/mol. The van der Waals surface area contributed by atoms with Crippen molar-refractivity contribution >= 4 is 30.8 Å². The van der Waals surface area contributed by atoms with Crippen LogP contribution >= 0.6 is 18.8 Å². The predicted octanol–water partition coefficient (Wildman–Crippen LogP) is 5.28. The maximum absolute atomic E-state index is 9.00. The Labute approximate surface area is 138 Å². The molecule has 0 unspecified atom stereocenters. The van der Waals surface area contributed by atoms with E-state index in [0.717, 1.165) is 26.7 Å². The van der Waals surface area contributed by atoms with E-state index in [0.29, 0.717) is 0 Å². The van der Waals surface area contributed by atoms with E-state index in [9.17, 15) is 0 Å². The van der Waals surface area contributed by atoms with Crippen LogP contribution < -0.4 is 0 Å². The van der Waals surface area contributed by atoms with Crippen LogP contribution in [0.15, 0.2) is 0 Å². The van der Waals surface area contributed by atoms with Gasteiger partial charge < -0.3 is 22.1 Å². The van der Waals surface area contributed by atoms with Crippen LogP contribution in [0, 0.1) is 0 Å². The Balaban J connectivity index is -0.0000000516. The number of carboxylic acid groups (broad SMARTS) is 2. The molecule has 20 heavy (non-hydrogen) atoms. The van der Waals surface area contributed by atoms with Crippen LogP contribution in [0.3, 0.4) is 0 Å². The van der Waals surface area contributed by atoms with Gasteiger partial charge in [0.15, 0.2) is 0 Å². The molecule has 0 spiro atoms. The summed E-state index contributed by atoms with van der Waals surface area (Å²) in [6, 6.07) is 0.286. The molecule has 0 radical (unpaired) electrons. The van der Waals surface area contributed by atoms with Gasteiger partial charge in [0.05, 0.1) is 0 Å². The van der Waals surface area contributed by atoms with Crippen LogP contribution in [-0.4, -0.2) is 28.2 Å².